The second-order valence-electron chi connectivity index (χ2n) is 7.20. The molecule has 8 nitrogen and oxygen atoms in total. The lowest BCUT2D eigenvalue weighted by Crippen LogP contribution is -2.51. The molecule has 4 rings (SSSR count). The molecule has 1 saturated heterocycles. The van der Waals surface area contributed by atoms with Crippen molar-refractivity contribution in [3.8, 4) is 0 Å². The summed E-state index contributed by atoms with van der Waals surface area (Å²) < 4.78 is 5.41. The Labute approximate surface area is 179 Å². The second kappa shape index (κ2) is 9.46. The lowest BCUT2D eigenvalue weighted by Gasteiger charge is -2.38. The van der Waals surface area contributed by atoms with Crippen molar-refractivity contribution in [3.05, 3.63) is 90.0 Å². The summed E-state index contributed by atoms with van der Waals surface area (Å²) in [5.41, 5.74) is 2.38. The molecule has 2 amide bonds. The van der Waals surface area contributed by atoms with Gasteiger partial charge in [0, 0.05) is 24.6 Å². The highest BCUT2D eigenvalue weighted by Gasteiger charge is 2.34. The molecular formula is C23H22N4O4. The Hall–Kier alpha value is -3.62. The summed E-state index contributed by atoms with van der Waals surface area (Å²) in [6, 6.07) is 16.0. The summed E-state index contributed by atoms with van der Waals surface area (Å²) in [5, 5.41) is 13.7. The van der Waals surface area contributed by atoms with E-state index in [4.69, 9.17) is 4.74 Å². The van der Waals surface area contributed by atoms with Crippen LogP contribution >= 0.6 is 0 Å². The van der Waals surface area contributed by atoms with Gasteiger partial charge in [-0.1, -0.05) is 42.5 Å². The number of benzene rings is 2. The lowest BCUT2D eigenvalue weighted by atomic mass is 9.99. The molecule has 2 atom stereocenters. The first kappa shape index (κ1) is 20.6. The van der Waals surface area contributed by atoms with E-state index >= 15 is 0 Å². The predicted octanol–water partition coefficient (Wildman–Crippen LogP) is 2.19. The number of aromatic nitrogens is 2. The number of aliphatic hydroxyl groups is 1. The van der Waals surface area contributed by atoms with E-state index in [-0.39, 0.29) is 30.7 Å². The number of rotatable bonds is 6. The van der Waals surface area contributed by atoms with Crippen LogP contribution in [0, 0.1) is 0 Å². The van der Waals surface area contributed by atoms with Crippen LogP contribution in [0.5, 0.6) is 0 Å². The van der Waals surface area contributed by atoms with Crippen LogP contribution in [0.4, 0.5) is 5.69 Å². The van der Waals surface area contributed by atoms with Gasteiger partial charge >= 0.3 is 0 Å². The van der Waals surface area contributed by atoms with Crippen molar-refractivity contribution >= 4 is 17.5 Å². The third-order valence-electron chi connectivity index (χ3n) is 5.10. The molecule has 0 radical (unpaired) electrons. The first-order valence-corrected chi connectivity index (χ1v) is 9.88. The first-order valence-electron chi connectivity index (χ1n) is 9.88. The number of carbonyl (C=O) groups excluding carboxylic acids is 2. The van der Waals surface area contributed by atoms with Crippen LogP contribution in [0.25, 0.3) is 0 Å². The maximum Gasteiger partial charge on any atom is 0.275 e. The van der Waals surface area contributed by atoms with Crippen LogP contribution in [0.1, 0.15) is 27.7 Å². The van der Waals surface area contributed by atoms with Crippen molar-refractivity contribution in [2.24, 2.45) is 0 Å². The van der Waals surface area contributed by atoms with E-state index in [2.05, 4.69) is 15.3 Å². The normalized spacial score (nSPS) is 17.3. The number of anilines is 1. The van der Waals surface area contributed by atoms with Crippen LogP contribution in [-0.2, 0) is 16.1 Å². The minimum Gasteiger partial charge on any atom is -0.386 e. The molecule has 8 heteroatoms. The summed E-state index contributed by atoms with van der Waals surface area (Å²) in [6.07, 6.45) is 3.39. The molecule has 2 heterocycles. The fraction of sp³-hybridized carbons (Fsp3) is 0.217. The highest BCUT2D eigenvalue weighted by Crippen LogP contribution is 2.26. The fourth-order valence-corrected chi connectivity index (χ4v) is 3.47. The monoisotopic (exact) mass is 418 g/mol. The molecule has 0 aliphatic carbocycles. The third-order valence-corrected chi connectivity index (χ3v) is 5.10. The first-order chi connectivity index (χ1) is 15.1. The summed E-state index contributed by atoms with van der Waals surface area (Å²) in [4.78, 5) is 34.2. The quantitative estimate of drug-likeness (QED) is 0.636. The third kappa shape index (κ3) is 4.93. The van der Waals surface area contributed by atoms with E-state index in [1.807, 2.05) is 30.3 Å². The van der Waals surface area contributed by atoms with Crippen molar-refractivity contribution in [2.75, 3.05) is 18.5 Å². The number of morpholine rings is 1. The molecule has 0 bridgehead atoms. The van der Waals surface area contributed by atoms with E-state index in [1.54, 1.807) is 29.2 Å². The molecule has 1 aliphatic rings. The molecule has 2 aromatic carbocycles. The van der Waals surface area contributed by atoms with Crippen LogP contribution < -0.4 is 5.32 Å². The van der Waals surface area contributed by atoms with Crippen LogP contribution in [0.3, 0.4) is 0 Å². The lowest BCUT2D eigenvalue weighted by molar-refractivity contribution is -0.155. The number of amides is 2. The smallest absolute Gasteiger partial charge is 0.275 e. The van der Waals surface area contributed by atoms with Crippen molar-refractivity contribution in [1.82, 2.24) is 14.9 Å². The Bertz CT molecular complexity index is 1030. The van der Waals surface area contributed by atoms with E-state index in [0.717, 1.165) is 5.56 Å². The molecule has 0 saturated carbocycles. The molecule has 2 unspecified atom stereocenters. The van der Waals surface area contributed by atoms with Gasteiger partial charge in [0.15, 0.2) is 0 Å². The van der Waals surface area contributed by atoms with Crippen LogP contribution in [0.15, 0.2) is 73.2 Å². The zero-order valence-corrected chi connectivity index (χ0v) is 16.7. The number of ether oxygens (including phenoxy) is 1. The minimum atomic E-state index is -0.933. The average molecular weight is 418 g/mol. The molecule has 2 N–H and O–H groups in total. The topological polar surface area (TPSA) is 105 Å². The van der Waals surface area contributed by atoms with Gasteiger partial charge in [0.1, 0.15) is 18.4 Å². The van der Waals surface area contributed by atoms with Crippen molar-refractivity contribution in [2.45, 2.75) is 18.7 Å². The molecule has 1 aliphatic heterocycles. The maximum atomic E-state index is 12.5. The van der Waals surface area contributed by atoms with Gasteiger partial charge in [0.25, 0.3) is 5.91 Å². The summed E-state index contributed by atoms with van der Waals surface area (Å²) >= 11 is 0. The number of carbonyl (C=O) groups is 2. The average Bonchev–Trinajstić information content (AvgIpc) is 2.82. The van der Waals surface area contributed by atoms with Crippen molar-refractivity contribution in [3.63, 3.8) is 0 Å². The minimum absolute atomic E-state index is 0.00337. The Balaban J connectivity index is 1.46. The van der Waals surface area contributed by atoms with E-state index in [0.29, 0.717) is 17.8 Å². The highest BCUT2D eigenvalue weighted by molar-refractivity contribution is 6.02. The van der Waals surface area contributed by atoms with Gasteiger partial charge in [-0.25, -0.2) is 4.98 Å². The standard InChI is InChI=1S/C23H22N4O4/c28-21-15-31-14-20(27(21)13-16-4-2-1-3-5-16)22(29)17-6-8-18(9-7-17)26-23(30)19-12-24-10-11-25-19/h1-12,20,22,29H,13-15H2,(H,26,30). The van der Waals surface area contributed by atoms with Gasteiger partial charge in [0.05, 0.1) is 18.8 Å². The van der Waals surface area contributed by atoms with Crippen molar-refractivity contribution in [1.29, 1.82) is 0 Å². The number of hydrogen-bond acceptors (Lipinski definition) is 6. The van der Waals surface area contributed by atoms with Crippen LogP contribution in [-0.4, -0.2) is 51.0 Å². The Morgan fingerprint density at radius 3 is 2.65 bits per heavy atom. The number of aliphatic hydroxyl groups excluding tert-OH is 1. The summed E-state index contributed by atoms with van der Waals surface area (Å²) in [7, 11) is 0. The Morgan fingerprint density at radius 2 is 1.94 bits per heavy atom. The Morgan fingerprint density at radius 1 is 1.16 bits per heavy atom. The molecule has 1 fully saturated rings. The van der Waals surface area contributed by atoms with Gasteiger partial charge in [-0.05, 0) is 23.3 Å². The van der Waals surface area contributed by atoms with E-state index in [1.165, 1.54) is 18.6 Å². The largest absolute Gasteiger partial charge is 0.386 e. The second-order valence-corrected chi connectivity index (χ2v) is 7.20. The highest BCUT2D eigenvalue weighted by atomic mass is 16.5. The van der Waals surface area contributed by atoms with E-state index in [9.17, 15) is 14.7 Å². The zero-order chi connectivity index (χ0) is 21.6. The van der Waals surface area contributed by atoms with Gasteiger partial charge in [-0.3, -0.25) is 14.6 Å². The van der Waals surface area contributed by atoms with E-state index < -0.39 is 12.1 Å². The number of nitrogens with one attached hydrogen (secondary N) is 1. The van der Waals surface area contributed by atoms with Gasteiger partial charge in [-0.15, -0.1) is 0 Å². The van der Waals surface area contributed by atoms with Gasteiger partial charge in [0.2, 0.25) is 5.91 Å². The molecular weight excluding hydrogens is 396 g/mol. The fourth-order valence-electron chi connectivity index (χ4n) is 3.47. The number of nitrogens with zero attached hydrogens (tertiary/aromatic N) is 3. The maximum absolute atomic E-state index is 12.5. The van der Waals surface area contributed by atoms with Crippen molar-refractivity contribution < 1.29 is 19.4 Å². The van der Waals surface area contributed by atoms with Crippen LogP contribution in [0.2, 0.25) is 0 Å². The SMILES string of the molecule is O=C(Nc1ccc(C(O)C2COCC(=O)N2Cc2ccccc2)cc1)c1cnccn1. The summed E-state index contributed by atoms with van der Waals surface area (Å²) in [5.74, 6) is -0.534. The predicted molar refractivity (Wildman–Crippen MR) is 113 cm³/mol. The zero-order valence-electron chi connectivity index (χ0n) is 16.7. The van der Waals surface area contributed by atoms with Gasteiger partial charge in [-0.2, -0.15) is 0 Å². The molecule has 1 aromatic heterocycles. The Kier molecular flexibility index (Phi) is 6.30. The van der Waals surface area contributed by atoms with Gasteiger partial charge < -0.3 is 20.1 Å². The molecule has 3 aromatic rings. The molecule has 158 valence electrons. The molecule has 0 spiro atoms. The summed E-state index contributed by atoms with van der Waals surface area (Å²) in [6.45, 7) is 0.644. The number of hydrogen-bond donors (Lipinski definition) is 2. The molecule has 31 heavy (non-hydrogen) atoms.